The molecule has 2 unspecified atom stereocenters. The predicted molar refractivity (Wildman–Crippen MR) is 83.0 cm³/mol. The molecule has 0 spiro atoms. The van der Waals surface area contributed by atoms with Crippen LogP contribution in [0.15, 0.2) is 24.3 Å². The molecule has 0 aromatic heterocycles. The van der Waals surface area contributed by atoms with Crippen LogP contribution in [0.1, 0.15) is 48.5 Å². The molecule has 1 aromatic rings. The fraction of sp³-hybridized carbons (Fsp3) is 0.529. The second kappa shape index (κ2) is 7.40. The molecule has 1 aliphatic heterocycles. The minimum atomic E-state index is -1.01. The van der Waals surface area contributed by atoms with E-state index in [9.17, 15) is 14.7 Å². The average molecular weight is 305 g/mol. The molecule has 0 radical (unpaired) electrons. The molecule has 5 nitrogen and oxygen atoms in total. The molecular weight excluding hydrogens is 282 g/mol. The van der Waals surface area contributed by atoms with Gasteiger partial charge in [0.25, 0.3) is 5.91 Å². The summed E-state index contributed by atoms with van der Waals surface area (Å²) in [6, 6.07) is 6.37. The monoisotopic (exact) mass is 305 g/mol. The molecule has 0 aliphatic carbocycles. The van der Waals surface area contributed by atoms with E-state index >= 15 is 0 Å². The van der Waals surface area contributed by atoms with E-state index in [1.807, 2.05) is 12.1 Å². The number of benzene rings is 1. The molecule has 2 atom stereocenters. The van der Waals surface area contributed by atoms with E-state index in [-0.39, 0.29) is 11.8 Å². The van der Waals surface area contributed by atoms with Gasteiger partial charge in [-0.3, -0.25) is 4.79 Å². The van der Waals surface area contributed by atoms with Crippen LogP contribution in [0.2, 0.25) is 0 Å². The number of aliphatic carboxylic acids is 1. The summed E-state index contributed by atoms with van der Waals surface area (Å²) in [6.45, 7) is 5.20. The van der Waals surface area contributed by atoms with Gasteiger partial charge < -0.3 is 15.2 Å². The van der Waals surface area contributed by atoms with Gasteiger partial charge in [-0.05, 0) is 36.5 Å². The third-order valence-electron chi connectivity index (χ3n) is 4.06. The third kappa shape index (κ3) is 4.07. The lowest BCUT2D eigenvalue weighted by Gasteiger charge is -2.28. The number of ether oxygens (including phenoxy) is 1. The maximum absolute atomic E-state index is 12.3. The molecule has 2 rings (SSSR count). The Bertz CT molecular complexity index is 518. The summed E-state index contributed by atoms with van der Waals surface area (Å²) in [5.41, 5.74) is 1.62. The number of carboxylic acids is 1. The van der Waals surface area contributed by atoms with Crippen LogP contribution in [0.25, 0.3) is 0 Å². The molecule has 1 amide bonds. The van der Waals surface area contributed by atoms with E-state index in [4.69, 9.17) is 4.74 Å². The van der Waals surface area contributed by atoms with Crippen LogP contribution in [0, 0.1) is 5.92 Å². The predicted octanol–water partition coefficient (Wildman–Crippen LogP) is 2.42. The first-order valence-electron chi connectivity index (χ1n) is 7.70. The lowest BCUT2D eigenvalue weighted by Crippen LogP contribution is -2.48. The minimum absolute atomic E-state index is 0.176. The van der Waals surface area contributed by atoms with E-state index < -0.39 is 12.0 Å². The molecule has 5 heteroatoms. The van der Waals surface area contributed by atoms with Crippen LogP contribution in [0.4, 0.5) is 0 Å². The first kappa shape index (κ1) is 16.5. The number of carboxylic acid groups (broad SMARTS) is 1. The number of carbonyl (C=O) groups is 2. The Kier molecular flexibility index (Phi) is 5.55. The number of nitrogens with one attached hydrogen (secondary N) is 1. The molecule has 22 heavy (non-hydrogen) atoms. The van der Waals surface area contributed by atoms with Crippen molar-refractivity contribution in [1.29, 1.82) is 0 Å². The molecule has 1 heterocycles. The molecule has 2 N–H and O–H groups in total. The van der Waals surface area contributed by atoms with Gasteiger partial charge in [0.1, 0.15) is 6.04 Å². The number of carbonyl (C=O) groups excluding carboxylic acids is 1. The average Bonchev–Trinajstić information content (AvgIpc) is 2.53. The lowest BCUT2D eigenvalue weighted by molar-refractivity contribution is -0.142. The molecule has 0 bridgehead atoms. The Morgan fingerprint density at radius 1 is 1.27 bits per heavy atom. The topological polar surface area (TPSA) is 75.6 Å². The summed E-state index contributed by atoms with van der Waals surface area (Å²) in [5.74, 6) is -1.15. The van der Waals surface area contributed by atoms with Crippen LogP contribution in [0.3, 0.4) is 0 Å². The van der Waals surface area contributed by atoms with Crippen molar-refractivity contribution in [2.75, 3.05) is 13.2 Å². The zero-order valence-electron chi connectivity index (χ0n) is 13.0. The van der Waals surface area contributed by atoms with Gasteiger partial charge in [0.15, 0.2) is 0 Å². The molecule has 1 saturated heterocycles. The lowest BCUT2D eigenvalue weighted by atomic mass is 9.93. The summed E-state index contributed by atoms with van der Waals surface area (Å²) in [7, 11) is 0. The van der Waals surface area contributed by atoms with Gasteiger partial charge in [-0.2, -0.15) is 0 Å². The Morgan fingerprint density at radius 3 is 2.45 bits per heavy atom. The Hall–Kier alpha value is -1.88. The Balaban J connectivity index is 2.05. The molecule has 120 valence electrons. The molecule has 1 aromatic carbocycles. The summed E-state index contributed by atoms with van der Waals surface area (Å²) in [6.07, 6.45) is 1.58. The van der Waals surface area contributed by atoms with Crippen molar-refractivity contribution in [3.8, 4) is 0 Å². The molecule has 1 fully saturated rings. The van der Waals surface area contributed by atoms with Crippen molar-refractivity contribution < 1.29 is 19.4 Å². The van der Waals surface area contributed by atoms with E-state index in [0.717, 1.165) is 18.4 Å². The normalized spacial score (nSPS) is 19.7. The number of hydrogen-bond donors (Lipinski definition) is 2. The second-order valence-corrected chi connectivity index (χ2v) is 6.04. The second-order valence-electron chi connectivity index (χ2n) is 6.04. The van der Waals surface area contributed by atoms with Gasteiger partial charge in [0.05, 0.1) is 6.61 Å². The van der Waals surface area contributed by atoms with E-state index in [2.05, 4.69) is 19.2 Å². The molecule has 0 saturated carbocycles. The maximum atomic E-state index is 12.3. The van der Waals surface area contributed by atoms with Crippen LogP contribution in [0.5, 0.6) is 0 Å². The van der Waals surface area contributed by atoms with Crippen molar-refractivity contribution in [2.24, 2.45) is 5.92 Å². The van der Waals surface area contributed by atoms with Crippen LogP contribution >= 0.6 is 0 Å². The molecular formula is C17H23NO4. The van der Waals surface area contributed by atoms with Gasteiger partial charge in [0, 0.05) is 18.1 Å². The fourth-order valence-corrected chi connectivity index (χ4v) is 2.65. The summed E-state index contributed by atoms with van der Waals surface area (Å²) >= 11 is 0. The largest absolute Gasteiger partial charge is 0.480 e. The number of rotatable bonds is 5. The fourth-order valence-electron chi connectivity index (χ4n) is 2.65. The van der Waals surface area contributed by atoms with Crippen molar-refractivity contribution in [3.63, 3.8) is 0 Å². The van der Waals surface area contributed by atoms with Gasteiger partial charge in [-0.1, -0.05) is 26.0 Å². The highest BCUT2D eigenvalue weighted by Gasteiger charge is 2.31. The van der Waals surface area contributed by atoms with Gasteiger partial charge >= 0.3 is 5.97 Å². The minimum Gasteiger partial charge on any atom is -0.480 e. The first-order valence-corrected chi connectivity index (χ1v) is 7.70. The quantitative estimate of drug-likeness (QED) is 0.876. The zero-order chi connectivity index (χ0) is 16.1. The standard InChI is InChI=1S/C17H23NO4/c1-11(2)12-5-7-13(8-6-12)16(19)18-15(17(20)21)14-4-3-9-22-10-14/h5-8,11,14-15H,3-4,9-10H2,1-2H3,(H,18,19)(H,20,21). The van der Waals surface area contributed by atoms with Crippen molar-refractivity contribution in [3.05, 3.63) is 35.4 Å². The summed E-state index contributed by atoms with van der Waals surface area (Å²) < 4.78 is 5.33. The highest BCUT2D eigenvalue weighted by Crippen LogP contribution is 2.19. The van der Waals surface area contributed by atoms with Crippen LogP contribution < -0.4 is 5.32 Å². The Morgan fingerprint density at radius 2 is 1.95 bits per heavy atom. The van der Waals surface area contributed by atoms with Crippen LogP contribution in [-0.2, 0) is 9.53 Å². The van der Waals surface area contributed by atoms with Gasteiger partial charge in [-0.15, -0.1) is 0 Å². The Labute approximate surface area is 130 Å². The highest BCUT2D eigenvalue weighted by atomic mass is 16.5. The van der Waals surface area contributed by atoms with E-state index in [0.29, 0.717) is 24.7 Å². The van der Waals surface area contributed by atoms with Crippen LogP contribution in [-0.4, -0.2) is 36.2 Å². The number of hydrogen-bond acceptors (Lipinski definition) is 3. The van der Waals surface area contributed by atoms with Crippen molar-refractivity contribution in [1.82, 2.24) is 5.32 Å². The van der Waals surface area contributed by atoms with Gasteiger partial charge in [-0.25, -0.2) is 4.79 Å². The summed E-state index contributed by atoms with van der Waals surface area (Å²) in [5, 5.41) is 12.0. The van der Waals surface area contributed by atoms with Crippen molar-refractivity contribution in [2.45, 2.75) is 38.6 Å². The SMILES string of the molecule is CC(C)c1ccc(C(=O)NC(C(=O)O)C2CCCOC2)cc1. The molecule has 1 aliphatic rings. The summed E-state index contributed by atoms with van der Waals surface area (Å²) in [4.78, 5) is 23.7. The van der Waals surface area contributed by atoms with Gasteiger partial charge in [0.2, 0.25) is 0 Å². The smallest absolute Gasteiger partial charge is 0.326 e. The van der Waals surface area contributed by atoms with Crippen molar-refractivity contribution >= 4 is 11.9 Å². The third-order valence-corrected chi connectivity index (χ3v) is 4.06. The first-order chi connectivity index (χ1) is 10.5. The highest BCUT2D eigenvalue weighted by molar-refractivity contribution is 5.96. The zero-order valence-corrected chi connectivity index (χ0v) is 13.0. The van der Waals surface area contributed by atoms with E-state index in [1.165, 1.54) is 0 Å². The number of amides is 1. The van der Waals surface area contributed by atoms with E-state index in [1.54, 1.807) is 12.1 Å². The maximum Gasteiger partial charge on any atom is 0.326 e.